The Hall–Kier alpha value is -1.95. The first-order valence-electron chi connectivity index (χ1n) is 9.01. The lowest BCUT2D eigenvalue weighted by molar-refractivity contribution is 0.132. The molecule has 0 radical (unpaired) electrons. The molecule has 6 nitrogen and oxygen atoms in total. The zero-order valence-corrected chi connectivity index (χ0v) is 15.9. The van der Waals surface area contributed by atoms with Crippen molar-refractivity contribution in [3.05, 3.63) is 23.8 Å². The molecule has 6 heteroatoms. The maximum absolute atomic E-state index is 6.02. The summed E-state index contributed by atoms with van der Waals surface area (Å²) in [6.07, 6.45) is 1.87. The summed E-state index contributed by atoms with van der Waals surface area (Å²) in [6.45, 7) is 9.75. The summed E-state index contributed by atoms with van der Waals surface area (Å²) in [6, 6.07) is 6.08. The molecule has 1 aliphatic heterocycles. The van der Waals surface area contributed by atoms with Gasteiger partial charge in [-0.1, -0.05) is 12.1 Å². The van der Waals surface area contributed by atoms with E-state index in [-0.39, 0.29) is 5.60 Å². The normalized spacial score (nSPS) is 15.4. The van der Waals surface area contributed by atoms with Crippen molar-refractivity contribution in [2.24, 2.45) is 4.99 Å². The minimum Gasteiger partial charge on any atom is -0.488 e. The van der Waals surface area contributed by atoms with Crippen LogP contribution >= 0.6 is 0 Å². The fourth-order valence-electron chi connectivity index (χ4n) is 2.78. The molecular formula is C19H31N3O3. The first kappa shape index (κ1) is 19.4. The zero-order valence-electron chi connectivity index (χ0n) is 15.9. The molecule has 0 aliphatic carbocycles. The van der Waals surface area contributed by atoms with Gasteiger partial charge in [0.15, 0.2) is 17.5 Å². The van der Waals surface area contributed by atoms with Crippen LogP contribution in [-0.2, 0) is 11.2 Å². The van der Waals surface area contributed by atoms with E-state index in [4.69, 9.17) is 14.2 Å². The molecule has 1 aromatic rings. The van der Waals surface area contributed by atoms with Crippen molar-refractivity contribution in [3.8, 4) is 11.5 Å². The summed E-state index contributed by atoms with van der Waals surface area (Å²) in [5.41, 5.74) is 1.05. The number of nitrogens with one attached hydrogen (secondary N) is 2. The highest BCUT2D eigenvalue weighted by molar-refractivity contribution is 5.79. The third-order valence-electron chi connectivity index (χ3n) is 3.89. The number of aliphatic imine (C=N–C) groups is 1. The van der Waals surface area contributed by atoms with Crippen molar-refractivity contribution in [2.45, 2.75) is 39.2 Å². The molecular weight excluding hydrogens is 318 g/mol. The average molecular weight is 349 g/mol. The molecule has 2 rings (SSSR count). The Kier molecular flexibility index (Phi) is 7.37. The summed E-state index contributed by atoms with van der Waals surface area (Å²) in [7, 11) is 1.76. The van der Waals surface area contributed by atoms with Gasteiger partial charge in [-0.2, -0.15) is 0 Å². The van der Waals surface area contributed by atoms with Gasteiger partial charge in [0.1, 0.15) is 12.2 Å². The molecule has 1 heterocycles. The molecule has 0 bridgehead atoms. The first-order chi connectivity index (χ1) is 12.1. The Morgan fingerprint density at radius 3 is 2.80 bits per heavy atom. The number of nitrogens with zero attached hydrogens (tertiary/aromatic N) is 1. The Morgan fingerprint density at radius 2 is 2.04 bits per heavy atom. The maximum atomic E-state index is 6.02. The average Bonchev–Trinajstić information content (AvgIpc) is 2.91. The van der Waals surface area contributed by atoms with Crippen LogP contribution in [0, 0.1) is 0 Å². The van der Waals surface area contributed by atoms with Crippen LogP contribution in [0.25, 0.3) is 0 Å². The van der Waals surface area contributed by atoms with Crippen molar-refractivity contribution in [2.75, 3.05) is 40.0 Å². The number of fused-ring (bicyclic) bond motifs is 1. The molecule has 0 aromatic heterocycles. The van der Waals surface area contributed by atoms with E-state index >= 15 is 0 Å². The fourth-order valence-corrected chi connectivity index (χ4v) is 2.78. The monoisotopic (exact) mass is 349 g/mol. The molecule has 0 spiro atoms. The Bertz CT molecular complexity index is 573. The lowest BCUT2D eigenvalue weighted by Gasteiger charge is -2.18. The Labute approximate surface area is 151 Å². The minimum absolute atomic E-state index is 0.159. The van der Waals surface area contributed by atoms with E-state index in [9.17, 15) is 0 Å². The van der Waals surface area contributed by atoms with Crippen molar-refractivity contribution >= 4 is 5.96 Å². The number of hydrogen-bond acceptors (Lipinski definition) is 4. The van der Waals surface area contributed by atoms with Gasteiger partial charge in [-0.3, -0.25) is 4.99 Å². The second-order valence-corrected chi connectivity index (χ2v) is 6.61. The number of benzene rings is 1. The standard InChI is InChI=1S/C19H31N3O3/c1-5-23-12-7-10-21-18(20-4)22-11-13-24-16-9-6-8-15-14-19(2,3)25-17(15)16/h6,8-9H,5,7,10-14H2,1-4H3,(H2,20,21,22). The van der Waals surface area contributed by atoms with E-state index in [1.807, 2.05) is 19.1 Å². The van der Waals surface area contributed by atoms with Crippen LogP contribution < -0.4 is 20.1 Å². The van der Waals surface area contributed by atoms with E-state index in [0.29, 0.717) is 13.2 Å². The molecule has 0 fully saturated rings. The van der Waals surface area contributed by atoms with Crippen LogP contribution in [0.2, 0.25) is 0 Å². The molecule has 1 aliphatic rings. The van der Waals surface area contributed by atoms with E-state index in [1.165, 1.54) is 5.56 Å². The SMILES string of the molecule is CCOCCCNC(=NC)NCCOc1cccc2c1OC(C)(C)C2. The van der Waals surface area contributed by atoms with Crippen LogP contribution in [0.4, 0.5) is 0 Å². The summed E-state index contributed by atoms with van der Waals surface area (Å²) < 4.78 is 17.2. The highest BCUT2D eigenvalue weighted by atomic mass is 16.5. The van der Waals surface area contributed by atoms with E-state index in [0.717, 1.165) is 50.1 Å². The third-order valence-corrected chi connectivity index (χ3v) is 3.89. The van der Waals surface area contributed by atoms with E-state index in [1.54, 1.807) is 7.05 Å². The molecule has 140 valence electrons. The van der Waals surface area contributed by atoms with Crippen molar-refractivity contribution in [3.63, 3.8) is 0 Å². The topological polar surface area (TPSA) is 64.1 Å². The van der Waals surface area contributed by atoms with Crippen molar-refractivity contribution in [1.29, 1.82) is 0 Å². The molecule has 0 saturated heterocycles. The van der Waals surface area contributed by atoms with Gasteiger partial charge in [0, 0.05) is 38.8 Å². The number of ether oxygens (including phenoxy) is 3. The molecule has 0 unspecified atom stereocenters. The van der Waals surface area contributed by atoms with Gasteiger partial charge in [-0.05, 0) is 33.3 Å². The smallest absolute Gasteiger partial charge is 0.191 e. The summed E-state index contributed by atoms with van der Waals surface area (Å²) in [5, 5.41) is 6.50. The predicted molar refractivity (Wildman–Crippen MR) is 101 cm³/mol. The zero-order chi connectivity index (χ0) is 18.1. The van der Waals surface area contributed by atoms with Gasteiger partial charge in [-0.25, -0.2) is 0 Å². The number of hydrogen-bond donors (Lipinski definition) is 2. The Balaban J connectivity index is 1.70. The number of rotatable bonds is 9. The molecule has 0 saturated carbocycles. The molecule has 25 heavy (non-hydrogen) atoms. The summed E-state index contributed by atoms with van der Waals surface area (Å²) in [4.78, 5) is 4.20. The second kappa shape index (κ2) is 9.51. The van der Waals surface area contributed by atoms with Gasteiger partial charge < -0.3 is 24.8 Å². The minimum atomic E-state index is -0.159. The van der Waals surface area contributed by atoms with Crippen LogP contribution in [0.3, 0.4) is 0 Å². The number of para-hydroxylation sites is 1. The van der Waals surface area contributed by atoms with Crippen LogP contribution in [0.5, 0.6) is 11.5 Å². The highest BCUT2D eigenvalue weighted by Gasteiger charge is 2.32. The summed E-state index contributed by atoms with van der Waals surface area (Å²) in [5.74, 6) is 2.46. The molecule has 0 amide bonds. The quantitative estimate of drug-likeness (QED) is 0.407. The van der Waals surface area contributed by atoms with E-state index < -0.39 is 0 Å². The Morgan fingerprint density at radius 1 is 1.24 bits per heavy atom. The van der Waals surface area contributed by atoms with Gasteiger partial charge >= 0.3 is 0 Å². The molecule has 0 atom stereocenters. The second-order valence-electron chi connectivity index (χ2n) is 6.61. The van der Waals surface area contributed by atoms with Gasteiger partial charge in [-0.15, -0.1) is 0 Å². The van der Waals surface area contributed by atoms with E-state index in [2.05, 4.69) is 35.5 Å². The van der Waals surface area contributed by atoms with Crippen LogP contribution in [0.15, 0.2) is 23.2 Å². The highest BCUT2D eigenvalue weighted by Crippen LogP contribution is 2.41. The third kappa shape index (κ3) is 6.12. The van der Waals surface area contributed by atoms with Crippen molar-refractivity contribution in [1.82, 2.24) is 10.6 Å². The van der Waals surface area contributed by atoms with Gasteiger partial charge in [0.05, 0.1) is 6.54 Å². The first-order valence-corrected chi connectivity index (χ1v) is 9.01. The fraction of sp³-hybridized carbons (Fsp3) is 0.632. The van der Waals surface area contributed by atoms with Gasteiger partial charge in [0.25, 0.3) is 0 Å². The summed E-state index contributed by atoms with van der Waals surface area (Å²) >= 11 is 0. The molecule has 1 aromatic carbocycles. The lowest BCUT2D eigenvalue weighted by atomic mass is 10.0. The van der Waals surface area contributed by atoms with Crippen LogP contribution in [-0.4, -0.2) is 51.5 Å². The number of guanidine groups is 1. The predicted octanol–water partition coefficient (Wildman–Crippen LogP) is 2.37. The largest absolute Gasteiger partial charge is 0.488 e. The van der Waals surface area contributed by atoms with Crippen LogP contribution in [0.1, 0.15) is 32.8 Å². The van der Waals surface area contributed by atoms with Gasteiger partial charge in [0.2, 0.25) is 0 Å². The maximum Gasteiger partial charge on any atom is 0.191 e. The van der Waals surface area contributed by atoms with Crippen molar-refractivity contribution < 1.29 is 14.2 Å². The lowest BCUT2D eigenvalue weighted by Crippen LogP contribution is -2.39. The molecule has 2 N–H and O–H groups in total.